The van der Waals surface area contributed by atoms with Gasteiger partial charge in [-0.1, -0.05) is 13.8 Å². The normalized spacial score (nSPS) is 12.6. The molecule has 0 spiro atoms. The van der Waals surface area contributed by atoms with E-state index in [2.05, 4.69) is 19.9 Å². The molecular formula is C9H16N2. The van der Waals surface area contributed by atoms with E-state index in [0.717, 1.165) is 18.5 Å². The second-order valence-electron chi connectivity index (χ2n) is 2.71. The maximum atomic E-state index is 8.56. The summed E-state index contributed by atoms with van der Waals surface area (Å²) < 4.78 is 0. The molecule has 0 unspecified atom stereocenters. The van der Waals surface area contributed by atoms with Crippen LogP contribution in [0.2, 0.25) is 0 Å². The molecule has 0 saturated heterocycles. The van der Waals surface area contributed by atoms with Crippen LogP contribution in [0.15, 0.2) is 11.3 Å². The van der Waals surface area contributed by atoms with Gasteiger partial charge in [-0.25, -0.2) is 0 Å². The maximum Gasteiger partial charge on any atom is 0.0962 e. The number of nitrogens with two attached hydrogens (primary N) is 1. The van der Waals surface area contributed by atoms with Crippen molar-refractivity contribution in [2.45, 2.75) is 33.6 Å². The maximum absolute atomic E-state index is 8.56. The molecule has 0 aliphatic heterocycles. The highest BCUT2D eigenvalue weighted by Gasteiger charge is 2.08. The Hall–Kier alpha value is -0.970. The summed E-state index contributed by atoms with van der Waals surface area (Å²) in [5.74, 6) is 0.384. The third-order valence-electron chi connectivity index (χ3n) is 2.03. The molecule has 0 fully saturated rings. The summed E-state index contributed by atoms with van der Waals surface area (Å²) in [6, 6.07) is 2.07. The van der Waals surface area contributed by atoms with Crippen LogP contribution in [-0.4, -0.2) is 0 Å². The van der Waals surface area contributed by atoms with Gasteiger partial charge in [-0.15, -0.1) is 0 Å². The Kier molecular flexibility index (Phi) is 4.36. The highest BCUT2D eigenvalue weighted by molar-refractivity contribution is 5.24. The van der Waals surface area contributed by atoms with Crippen LogP contribution in [0.25, 0.3) is 0 Å². The zero-order valence-electron chi connectivity index (χ0n) is 7.52. The Morgan fingerprint density at radius 3 is 2.18 bits per heavy atom. The average molecular weight is 152 g/mol. The first-order chi connectivity index (χ1) is 5.17. The number of allylic oxidation sites excluding steroid dienone is 2. The number of rotatable bonds is 3. The molecule has 0 heterocycles. The van der Waals surface area contributed by atoms with Gasteiger partial charge in [0.25, 0.3) is 0 Å². The molecule has 0 rings (SSSR count). The predicted octanol–water partition coefficient (Wildman–Crippen LogP) is 2.18. The van der Waals surface area contributed by atoms with Crippen molar-refractivity contribution in [3.8, 4) is 6.07 Å². The van der Waals surface area contributed by atoms with Crippen molar-refractivity contribution in [3.05, 3.63) is 11.3 Å². The fourth-order valence-electron chi connectivity index (χ4n) is 1.10. The molecule has 0 bridgehead atoms. The molecule has 0 radical (unpaired) electrons. The summed E-state index contributed by atoms with van der Waals surface area (Å²) in [7, 11) is 0. The first kappa shape index (κ1) is 10.0. The molecule has 2 N–H and O–H groups in total. The molecule has 2 heteroatoms. The number of hydrogen-bond donors (Lipinski definition) is 1. The Bertz CT molecular complexity index is 182. The zero-order valence-corrected chi connectivity index (χ0v) is 7.52. The molecule has 0 saturated carbocycles. The van der Waals surface area contributed by atoms with E-state index in [1.54, 1.807) is 6.92 Å². The minimum Gasteiger partial charge on any atom is -0.401 e. The van der Waals surface area contributed by atoms with Crippen molar-refractivity contribution < 1.29 is 0 Å². The monoisotopic (exact) mass is 152 g/mol. The Balaban J connectivity index is 4.45. The van der Waals surface area contributed by atoms with E-state index in [4.69, 9.17) is 11.0 Å². The molecule has 0 aromatic rings. The van der Waals surface area contributed by atoms with Crippen LogP contribution >= 0.6 is 0 Å². The molecule has 2 nitrogen and oxygen atoms in total. The number of hydrogen-bond acceptors (Lipinski definition) is 2. The van der Waals surface area contributed by atoms with Gasteiger partial charge in [-0.3, -0.25) is 0 Å². The summed E-state index contributed by atoms with van der Waals surface area (Å²) in [5, 5.41) is 8.56. The van der Waals surface area contributed by atoms with Crippen molar-refractivity contribution in [1.29, 1.82) is 5.26 Å². The fraction of sp³-hybridized carbons (Fsp3) is 0.667. The van der Waals surface area contributed by atoms with Crippen molar-refractivity contribution in [2.24, 2.45) is 11.7 Å². The van der Waals surface area contributed by atoms with Crippen LogP contribution in [0.5, 0.6) is 0 Å². The van der Waals surface area contributed by atoms with E-state index < -0.39 is 0 Å². The van der Waals surface area contributed by atoms with Gasteiger partial charge in [0.1, 0.15) is 0 Å². The Labute approximate surface area is 68.7 Å². The lowest BCUT2D eigenvalue weighted by Crippen LogP contribution is -2.12. The van der Waals surface area contributed by atoms with Crippen LogP contribution in [0.1, 0.15) is 33.6 Å². The van der Waals surface area contributed by atoms with Crippen LogP contribution in [-0.2, 0) is 0 Å². The summed E-state index contributed by atoms with van der Waals surface area (Å²) in [6.45, 7) is 5.95. The number of nitrogens with zero attached hydrogens (tertiary/aromatic N) is 1. The average Bonchev–Trinajstić information content (AvgIpc) is 2.05. The van der Waals surface area contributed by atoms with Gasteiger partial charge in [0.05, 0.1) is 6.07 Å². The molecule has 0 aromatic heterocycles. The smallest absolute Gasteiger partial charge is 0.0962 e. The van der Waals surface area contributed by atoms with Crippen molar-refractivity contribution in [1.82, 2.24) is 0 Å². The van der Waals surface area contributed by atoms with E-state index in [-0.39, 0.29) is 0 Å². The lowest BCUT2D eigenvalue weighted by Gasteiger charge is -2.12. The van der Waals surface area contributed by atoms with Crippen LogP contribution in [0.3, 0.4) is 0 Å². The summed E-state index contributed by atoms with van der Waals surface area (Å²) in [4.78, 5) is 0. The molecule has 0 amide bonds. The SMILES string of the molecule is CCC(CC)/C(N)=C(/C)C#N. The topological polar surface area (TPSA) is 49.8 Å². The van der Waals surface area contributed by atoms with E-state index in [1.165, 1.54) is 0 Å². The second-order valence-corrected chi connectivity index (χ2v) is 2.71. The van der Waals surface area contributed by atoms with Gasteiger partial charge in [0.2, 0.25) is 0 Å². The summed E-state index contributed by atoms with van der Waals surface area (Å²) in [6.07, 6.45) is 2.03. The predicted molar refractivity (Wildman–Crippen MR) is 46.6 cm³/mol. The molecular weight excluding hydrogens is 136 g/mol. The lowest BCUT2D eigenvalue weighted by molar-refractivity contribution is 0.562. The van der Waals surface area contributed by atoms with Crippen molar-refractivity contribution in [2.75, 3.05) is 0 Å². The van der Waals surface area contributed by atoms with Gasteiger partial charge in [0, 0.05) is 11.3 Å². The Morgan fingerprint density at radius 2 is 1.91 bits per heavy atom. The molecule has 11 heavy (non-hydrogen) atoms. The first-order valence-corrected chi connectivity index (χ1v) is 4.03. The summed E-state index contributed by atoms with van der Waals surface area (Å²) in [5.41, 5.74) is 7.18. The largest absolute Gasteiger partial charge is 0.401 e. The second kappa shape index (κ2) is 4.79. The zero-order chi connectivity index (χ0) is 8.85. The van der Waals surface area contributed by atoms with E-state index in [9.17, 15) is 0 Å². The minimum atomic E-state index is 0.384. The van der Waals surface area contributed by atoms with Gasteiger partial charge in [-0.2, -0.15) is 5.26 Å². The standard InChI is InChI=1S/C9H16N2/c1-4-8(5-2)9(11)7(3)6-10/h8H,4-5,11H2,1-3H3/b9-7+. The van der Waals surface area contributed by atoms with Crippen LogP contribution in [0.4, 0.5) is 0 Å². The molecule has 0 aliphatic carbocycles. The quantitative estimate of drug-likeness (QED) is 0.630. The van der Waals surface area contributed by atoms with Gasteiger partial charge >= 0.3 is 0 Å². The first-order valence-electron chi connectivity index (χ1n) is 4.03. The third kappa shape index (κ3) is 2.63. The fourth-order valence-corrected chi connectivity index (χ4v) is 1.10. The molecule has 0 aromatic carbocycles. The molecule has 0 aliphatic rings. The highest BCUT2D eigenvalue weighted by atomic mass is 14.6. The van der Waals surface area contributed by atoms with Crippen LogP contribution in [0, 0.1) is 17.2 Å². The van der Waals surface area contributed by atoms with Gasteiger partial charge in [-0.05, 0) is 25.7 Å². The minimum absolute atomic E-state index is 0.384. The Morgan fingerprint density at radius 1 is 1.45 bits per heavy atom. The molecule has 0 atom stereocenters. The molecule has 62 valence electrons. The number of nitriles is 1. The highest BCUT2D eigenvalue weighted by Crippen LogP contribution is 2.16. The third-order valence-corrected chi connectivity index (χ3v) is 2.03. The summed E-state index contributed by atoms with van der Waals surface area (Å²) >= 11 is 0. The van der Waals surface area contributed by atoms with Gasteiger partial charge < -0.3 is 5.73 Å². The lowest BCUT2D eigenvalue weighted by atomic mass is 9.97. The van der Waals surface area contributed by atoms with E-state index in [1.807, 2.05) is 0 Å². The van der Waals surface area contributed by atoms with E-state index in [0.29, 0.717) is 11.5 Å². The van der Waals surface area contributed by atoms with Crippen LogP contribution < -0.4 is 5.73 Å². The van der Waals surface area contributed by atoms with Gasteiger partial charge in [0.15, 0.2) is 0 Å². The van der Waals surface area contributed by atoms with Crippen molar-refractivity contribution >= 4 is 0 Å². The van der Waals surface area contributed by atoms with Crippen molar-refractivity contribution in [3.63, 3.8) is 0 Å². The van der Waals surface area contributed by atoms with E-state index >= 15 is 0 Å².